The van der Waals surface area contributed by atoms with Crippen LogP contribution < -0.4 is 10.2 Å². The van der Waals surface area contributed by atoms with Crippen LogP contribution in [0.3, 0.4) is 0 Å². The fourth-order valence-corrected chi connectivity index (χ4v) is 3.47. The molecule has 0 bridgehead atoms. The molecule has 2 N–H and O–H groups in total. The zero-order valence-corrected chi connectivity index (χ0v) is 12.6. The van der Waals surface area contributed by atoms with Gasteiger partial charge in [-0.15, -0.1) is 5.10 Å². The van der Waals surface area contributed by atoms with Crippen molar-refractivity contribution in [3.05, 3.63) is 5.82 Å². The molecule has 2 fully saturated rings. The van der Waals surface area contributed by atoms with Crippen LogP contribution in [0.15, 0.2) is 0 Å². The van der Waals surface area contributed by atoms with Crippen molar-refractivity contribution in [3.63, 3.8) is 0 Å². The van der Waals surface area contributed by atoms with Crippen LogP contribution >= 0.6 is 0 Å². The predicted octanol–water partition coefficient (Wildman–Crippen LogP) is 2.12. The van der Waals surface area contributed by atoms with E-state index < -0.39 is 0 Å². The number of nitrogens with one attached hydrogen (secondary N) is 2. The standard InChI is InChI=1S/C15H27N5/c1-12-11-20(10-9-16-12)15-17-14(18-19-15)8-7-13-5-3-2-4-6-13/h12-13,16H,2-11H2,1H3,(H,17,18,19)/t12-/m1/s1. The van der Waals surface area contributed by atoms with Gasteiger partial charge in [0.2, 0.25) is 5.95 Å². The molecule has 2 heterocycles. The summed E-state index contributed by atoms with van der Waals surface area (Å²) in [5, 5.41) is 11.0. The van der Waals surface area contributed by atoms with Crippen molar-refractivity contribution in [3.8, 4) is 0 Å². The van der Waals surface area contributed by atoms with Crippen LogP contribution in [0.2, 0.25) is 0 Å². The number of H-pyrrole nitrogens is 1. The van der Waals surface area contributed by atoms with Gasteiger partial charge in [0.15, 0.2) is 0 Å². The molecule has 1 saturated heterocycles. The number of hydrogen-bond acceptors (Lipinski definition) is 4. The largest absolute Gasteiger partial charge is 0.337 e. The number of nitrogens with zero attached hydrogens (tertiary/aromatic N) is 3. The lowest BCUT2D eigenvalue weighted by Gasteiger charge is -2.30. The Kier molecular flexibility index (Phi) is 4.55. The summed E-state index contributed by atoms with van der Waals surface area (Å²) < 4.78 is 0. The minimum absolute atomic E-state index is 0.521. The van der Waals surface area contributed by atoms with E-state index in [1.807, 2.05) is 0 Å². The average molecular weight is 277 g/mol. The van der Waals surface area contributed by atoms with Gasteiger partial charge in [0.05, 0.1) is 0 Å². The molecule has 0 aromatic carbocycles. The summed E-state index contributed by atoms with van der Waals surface area (Å²) >= 11 is 0. The molecule has 1 aromatic heterocycles. The molecule has 0 spiro atoms. The number of anilines is 1. The summed E-state index contributed by atoms with van der Waals surface area (Å²) in [6.07, 6.45) is 9.43. The minimum Gasteiger partial charge on any atom is -0.337 e. The van der Waals surface area contributed by atoms with E-state index in [2.05, 4.69) is 32.3 Å². The molecule has 2 aliphatic rings. The fourth-order valence-electron chi connectivity index (χ4n) is 3.47. The van der Waals surface area contributed by atoms with E-state index in [1.165, 1.54) is 38.5 Å². The Morgan fingerprint density at radius 2 is 2.10 bits per heavy atom. The molecule has 0 amide bonds. The Morgan fingerprint density at radius 1 is 1.25 bits per heavy atom. The highest BCUT2D eigenvalue weighted by Crippen LogP contribution is 2.27. The summed E-state index contributed by atoms with van der Waals surface area (Å²) in [6.45, 7) is 5.24. The first-order valence-corrected chi connectivity index (χ1v) is 8.21. The number of aromatic nitrogens is 3. The van der Waals surface area contributed by atoms with E-state index in [1.54, 1.807) is 0 Å². The molecule has 5 heteroatoms. The zero-order valence-electron chi connectivity index (χ0n) is 12.6. The maximum Gasteiger partial charge on any atom is 0.244 e. The molecule has 1 atom stereocenters. The van der Waals surface area contributed by atoms with E-state index >= 15 is 0 Å². The van der Waals surface area contributed by atoms with E-state index in [-0.39, 0.29) is 0 Å². The predicted molar refractivity (Wildman–Crippen MR) is 81.0 cm³/mol. The Morgan fingerprint density at radius 3 is 2.90 bits per heavy atom. The van der Waals surface area contributed by atoms with Gasteiger partial charge in [0.25, 0.3) is 0 Å². The van der Waals surface area contributed by atoms with Crippen molar-refractivity contribution in [2.45, 2.75) is 57.9 Å². The summed E-state index contributed by atoms with van der Waals surface area (Å²) in [5.74, 6) is 2.87. The number of aromatic amines is 1. The molecule has 20 heavy (non-hydrogen) atoms. The van der Waals surface area contributed by atoms with Crippen LogP contribution in [0.1, 0.15) is 51.3 Å². The fraction of sp³-hybridized carbons (Fsp3) is 0.867. The van der Waals surface area contributed by atoms with Gasteiger partial charge in [-0.05, 0) is 19.3 Å². The van der Waals surface area contributed by atoms with Crippen LogP contribution in [0.5, 0.6) is 0 Å². The second kappa shape index (κ2) is 6.57. The molecule has 1 saturated carbocycles. The summed E-state index contributed by atoms with van der Waals surface area (Å²) in [6, 6.07) is 0.521. The van der Waals surface area contributed by atoms with Crippen LogP contribution in [0, 0.1) is 5.92 Å². The smallest absolute Gasteiger partial charge is 0.244 e. The number of hydrogen-bond donors (Lipinski definition) is 2. The maximum absolute atomic E-state index is 4.68. The van der Waals surface area contributed by atoms with E-state index in [4.69, 9.17) is 0 Å². The van der Waals surface area contributed by atoms with E-state index in [0.717, 1.165) is 43.7 Å². The molecule has 1 aliphatic heterocycles. The first-order valence-electron chi connectivity index (χ1n) is 8.21. The van der Waals surface area contributed by atoms with Gasteiger partial charge in [0.1, 0.15) is 5.82 Å². The third-order valence-corrected chi connectivity index (χ3v) is 4.69. The lowest BCUT2D eigenvalue weighted by Crippen LogP contribution is -2.49. The summed E-state index contributed by atoms with van der Waals surface area (Å²) in [5.41, 5.74) is 0. The van der Waals surface area contributed by atoms with Crippen molar-refractivity contribution in [1.29, 1.82) is 0 Å². The SMILES string of the molecule is C[C@@H]1CN(c2n[nH]c(CCC3CCCCC3)n2)CCN1. The van der Waals surface area contributed by atoms with E-state index in [0.29, 0.717) is 6.04 Å². The lowest BCUT2D eigenvalue weighted by molar-refractivity contribution is 0.337. The monoisotopic (exact) mass is 277 g/mol. The number of piperazine rings is 1. The molecule has 112 valence electrons. The van der Waals surface area contributed by atoms with Crippen LogP contribution in [0.4, 0.5) is 5.95 Å². The highest BCUT2D eigenvalue weighted by Gasteiger charge is 2.20. The van der Waals surface area contributed by atoms with Crippen molar-refractivity contribution in [1.82, 2.24) is 20.5 Å². The Hall–Kier alpha value is -1.10. The molecule has 3 rings (SSSR count). The lowest BCUT2D eigenvalue weighted by atomic mass is 9.86. The molecular weight excluding hydrogens is 250 g/mol. The average Bonchev–Trinajstić information content (AvgIpc) is 2.95. The molecule has 0 radical (unpaired) electrons. The van der Waals surface area contributed by atoms with Crippen molar-refractivity contribution < 1.29 is 0 Å². The summed E-state index contributed by atoms with van der Waals surface area (Å²) in [4.78, 5) is 6.96. The third kappa shape index (κ3) is 3.51. The number of rotatable bonds is 4. The topological polar surface area (TPSA) is 56.8 Å². The third-order valence-electron chi connectivity index (χ3n) is 4.69. The Labute approximate surface area is 121 Å². The van der Waals surface area contributed by atoms with Crippen LogP contribution in [-0.2, 0) is 6.42 Å². The van der Waals surface area contributed by atoms with Gasteiger partial charge in [-0.3, -0.25) is 5.10 Å². The van der Waals surface area contributed by atoms with Crippen molar-refractivity contribution in [2.24, 2.45) is 5.92 Å². The van der Waals surface area contributed by atoms with Crippen LogP contribution in [-0.4, -0.2) is 40.9 Å². The second-order valence-corrected chi connectivity index (χ2v) is 6.43. The first kappa shape index (κ1) is 13.9. The molecular formula is C15H27N5. The first-order chi connectivity index (χ1) is 9.81. The van der Waals surface area contributed by atoms with E-state index in [9.17, 15) is 0 Å². The molecule has 1 aliphatic carbocycles. The highest BCUT2D eigenvalue weighted by molar-refractivity contribution is 5.30. The Balaban J connectivity index is 1.51. The van der Waals surface area contributed by atoms with Crippen LogP contribution in [0.25, 0.3) is 0 Å². The Bertz CT molecular complexity index is 410. The van der Waals surface area contributed by atoms with Gasteiger partial charge in [0, 0.05) is 32.1 Å². The minimum atomic E-state index is 0.521. The second-order valence-electron chi connectivity index (χ2n) is 6.43. The van der Waals surface area contributed by atoms with Gasteiger partial charge in [-0.25, -0.2) is 0 Å². The molecule has 5 nitrogen and oxygen atoms in total. The van der Waals surface area contributed by atoms with Crippen molar-refractivity contribution in [2.75, 3.05) is 24.5 Å². The highest BCUT2D eigenvalue weighted by atomic mass is 15.4. The zero-order chi connectivity index (χ0) is 13.8. The molecule has 0 unspecified atom stereocenters. The summed E-state index contributed by atoms with van der Waals surface area (Å²) in [7, 11) is 0. The quantitative estimate of drug-likeness (QED) is 0.885. The number of aryl methyl sites for hydroxylation is 1. The maximum atomic E-state index is 4.68. The molecule has 1 aromatic rings. The van der Waals surface area contributed by atoms with Gasteiger partial charge < -0.3 is 10.2 Å². The van der Waals surface area contributed by atoms with Crippen molar-refractivity contribution >= 4 is 5.95 Å². The normalized spacial score (nSPS) is 25.1. The van der Waals surface area contributed by atoms with Gasteiger partial charge >= 0.3 is 0 Å². The van der Waals surface area contributed by atoms with Gasteiger partial charge in [-0.1, -0.05) is 32.1 Å². The van der Waals surface area contributed by atoms with Gasteiger partial charge in [-0.2, -0.15) is 4.98 Å².